The third kappa shape index (κ3) is 6.20. The van der Waals surface area contributed by atoms with Gasteiger partial charge in [-0.25, -0.2) is 4.39 Å². The molecule has 2 atom stereocenters. The van der Waals surface area contributed by atoms with Crippen LogP contribution < -0.4 is 10.1 Å². The van der Waals surface area contributed by atoms with Crippen LogP contribution in [-0.4, -0.2) is 44.6 Å². The summed E-state index contributed by atoms with van der Waals surface area (Å²) in [5.74, 6) is -2.24. The van der Waals surface area contributed by atoms with Gasteiger partial charge >= 0.3 is 5.97 Å². The average molecular weight is 470 g/mol. The molecule has 3 rings (SSSR count). The monoisotopic (exact) mass is 469 g/mol. The van der Waals surface area contributed by atoms with Gasteiger partial charge in [-0.2, -0.15) is 9.78 Å². The van der Waals surface area contributed by atoms with Crippen LogP contribution in [0.25, 0.3) is 5.69 Å². The van der Waals surface area contributed by atoms with Crippen LogP contribution in [0.1, 0.15) is 49.3 Å². The van der Waals surface area contributed by atoms with Gasteiger partial charge in [0.15, 0.2) is 5.69 Å². The normalized spacial score (nSPS) is 13.2. The Labute approximate surface area is 197 Å². The minimum absolute atomic E-state index is 0.0620. The fourth-order valence-corrected chi connectivity index (χ4v) is 3.13. The van der Waals surface area contributed by atoms with E-state index in [1.807, 2.05) is 20.8 Å². The lowest BCUT2D eigenvalue weighted by molar-refractivity contribution is -0.137. The van der Waals surface area contributed by atoms with Crippen molar-refractivity contribution in [2.45, 2.75) is 39.3 Å². The molecular weight excluding hydrogens is 441 g/mol. The van der Waals surface area contributed by atoms with Crippen molar-refractivity contribution in [2.24, 2.45) is 5.41 Å². The zero-order valence-electron chi connectivity index (χ0n) is 19.2. The highest BCUT2D eigenvalue weighted by atomic mass is 19.1. The van der Waals surface area contributed by atoms with Crippen molar-refractivity contribution in [2.75, 3.05) is 6.61 Å². The molecule has 0 aliphatic heterocycles. The number of halogens is 1. The van der Waals surface area contributed by atoms with Crippen LogP contribution >= 0.6 is 0 Å². The first-order valence-electron chi connectivity index (χ1n) is 10.8. The third-order valence-electron chi connectivity index (χ3n) is 5.26. The van der Waals surface area contributed by atoms with E-state index in [-0.39, 0.29) is 30.3 Å². The molecule has 0 bridgehead atoms. The summed E-state index contributed by atoms with van der Waals surface area (Å²) in [6, 6.07) is 15.1. The number of aromatic nitrogens is 2. The summed E-state index contributed by atoms with van der Waals surface area (Å²) in [5, 5.41) is 26.5. The van der Waals surface area contributed by atoms with E-state index in [4.69, 9.17) is 4.74 Å². The lowest BCUT2D eigenvalue weighted by Gasteiger charge is -2.25. The zero-order valence-corrected chi connectivity index (χ0v) is 19.2. The number of benzene rings is 2. The first-order valence-corrected chi connectivity index (χ1v) is 10.8. The van der Waals surface area contributed by atoms with Crippen LogP contribution in [0.2, 0.25) is 0 Å². The van der Waals surface area contributed by atoms with E-state index in [9.17, 15) is 24.2 Å². The molecule has 0 aliphatic carbocycles. The fourth-order valence-electron chi connectivity index (χ4n) is 3.13. The molecule has 1 amide bonds. The number of aliphatic carboxylic acids is 1. The van der Waals surface area contributed by atoms with Crippen LogP contribution in [0.4, 0.5) is 4.39 Å². The summed E-state index contributed by atoms with van der Waals surface area (Å²) in [7, 11) is 0. The van der Waals surface area contributed by atoms with E-state index in [2.05, 4.69) is 10.4 Å². The number of para-hydroxylation sites is 1. The second-order valence-corrected chi connectivity index (χ2v) is 8.96. The number of carboxylic acid groups (broad SMARTS) is 1. The molecule has 0 unspecified atom stereocenters. The van der Waals surface area contributed by atoms with Crippen molar-refractivity contribution < 1.29 is 28.9 Å². The molecule has 1 aromatic heterocycles. The number of aliphatic hydroxyl groups is 1. The molecule has 0 radical (unpaired) electrons. The number of amides is 1. The number of nitrogens with one attached hydrogen (secondary N) is 1. The van der Waals surface area contributed by atoms with Crippen molar-refractivity contribution in [3.8, 4) is 11.6 Å². The summed E-state index contributed by atoms with van der Waals surface area (Å²) in [6.45, 7) is 5.44. The molecule has 8 nitrogen and oxygen atoms in total. The van der Waals surface area contributed by atoms with Gasteiger partial charge in [0.2, 0.25) is 5.88 Å². The topological polar surface area (TPSA) is 114 Å². The lowest BCUT2D eigenvalue weighted by atomic mass is 9.90. The second-order valence-electron chi connectivity index (χ2n) is 8.96. The molecule has 1 heterocycles. The van der Waals surface area contributed by atoms with E-state index in [1.165, 1.54) is 24.3 Å². The first kappa shape index (κ1) is 24.9. The summed E-state index contributed by atoms with van der Waals surface area (Å²) in [4.78, 5) is 24.4. The lowest BCUT2D eigenvalue weighted by Crippen LogP contribution is -2.32. The highest BCUT2D eigenvalue weighted by Crippen LogP contribution is 2.25. The zero-order chi connectivity index (χ0) is 24.9. The van der Waals surface area contributed by atoms with Crippen molar-refractivity contribution >= 4 is 11.9 Å². The van der Waals surface area contributed by atoms with Crippen LogP contribution in [0.15, 0.2) is 60.7 Å². The van der Waals surface area contributed by atoms with Gasteiger partial charge in [-0.05, 0) is 23.1 Å². The van der Waals surface area contributed by atoms with E-state index in [1.54, 1.807) is 36.4 Å². The van der Waals surface area contributed by atoms with Gasteiger partial charge in [0.25, 0.3) is 5.91 Å². The molecule has 0 spiro atoms. The van der Waals surface area contributed by atoms with Crippen molar-refractivity contribution in [1.82, 2.24) is 15.1 Å². The van der Waals surface area contributed by atoms with Crippen LogP contribution in [-0.2, 0) is 4.79 Å². The molecule has 0 aliphatic rings. The predicted octanol–water partition coefficient (Wildman–Crippen LogP) is 3.74. The molecule has 0 saturated heterocycles. The SMILES string of the molecule is CC(C)(C)[C@H](O)COc1cc(C(=O)N[C@@H](CC(=O)O)c2ccccc2)nn1-c1ccccc1F. The summed E-state index contributed by atoms with van der Waals surface area (Å²) >= 11 is 0. The maximum absolute atomic E-state index is 14.5. The van der Waals surface area contributed by atoms with Crippen molar-refractivity contribution in [1.29, 1.82) is 0 Å². The summed E-state index contributed by atoms with van der Waals surface area (Å²) < 4.78 is 21.4. The van der Waals surface area contributed by atoms with Crippen molar-refractivity contribution in [3.63, 3.8) is 0 Å². The number of aliphatic hydroxyl groups excluding tert-OH is 1. The van der Waals surface area contributed by atoms with E-state index >= 15 is 0 Å². The molecule has 3 aromatic rings. The van der Waals surface area contributed by atoms with Gasteiger partial charge in [0, 0.05) is 6.07 Å². The maximum Gasteiger partial charge on any atom is 0.305 e. The van der Waals surface area contributed by atoms with Gasteiger partial charge in [0.1, 0.15) is 18.1 Å². The Balaban J connectivity index is 1.92. The van der Waals surface area contributed by atoms with Crippen LogP contribution in [0, 0.1) is 11.2 Å². The molecular formula is C25H28FN3O5. The molecule has 2 aromatic carbocycles. The predicted molar refractivity (Wildman–Crippen MR) is 123 cm³/mol. The number of carbonyl (C=O) groups is 2. The Morgan fingerprint density at radius 2 is 1.76 bits per heavy atom. The number of ether oxygens (including phenoxy) is 1. The first-order chi connectivity index (χ1) is 16.1. The van der Waals surface area contributed by atoms with Gasteiger partial charge in [-0.3, -0.25) is 9.59 Å². The highest BCUT2D eigenvalue weighted by molar-refractivity contribution is 5.93. The van der Waals surface area contributed by atoms with Gasteiger partial charge in [0.05, 0.1) is 18.6 Å². The number of hydrogen-bond donors (Lipinski definition) is 3. The molecule has 180 valence electrons. The van der Waals surface area contributed by atoms with Gasteiger partial charge in [-0.15, -0.1) is 0 Å². The van der Waals surface area contributed by atoms with Crippen molar-refractivity contribution in [3.05, 3.63) is 77.7 Å². The Bertz CT molecular complexity index is 1140. The largest absolute Gasteiger partial charge is 0.481 e. The highest BCUT2D eigenvalue weighted by Gasteiger charge is 2.26. The van der Waals surface area contributed by atoms with Gasteiger partial charge < -0.3 is 20.3 Å². The average Bonchev–Trinajstić information content (AvgIpc) is 3.21. The van der Waals surface area contributed by atoms with E-state index in [0.29, 0.717) is 5.56 Å². The standard InChI is InChI=1S/C25H28FN3O5/c1-25(2,3)21(30)15-34-22-13-19(28-29(22)20-12-8-7-11-17(20)26)24(33)27-18(14-23(31)32)16-9-5-4-6-10-16/h4-13,18,21,30H,14-15H2,1-3H3,(H,27,33)(H,31,32)/t18-,21+/m0/s1. The smallest absolute Gasteiger partial charge is 0.305 e. The van der Waals surface area contributed by atoms with Gasteiger partial charge in [-0.1, -0.05) is 63.2 Å². The summed E-state index contributed by atoms with van der Waals surface area (Å²) in [5.41, 5.74) is 0.140. The van der Waals surface area contributed by atoms with E-state index in [0.717, 1.165) is 4.68 Å². The molecule has 0 saturated carbocycles. The number of carboxylic acids is 1. The second kappa shape index (κ2) is 10.5. The Morgan fingerprint density at radius 1 is 1.12 bits per heavy atom. The molecule has 3 N–H and O–H groups in total. The Hall–Kier alpha value is -3.72. The molecule has 34 heavy (non-hydrogen) atoms. The van der Waals surface area contributed by atoms with Crippen LogP contribution in [0.3, 0.4) is 0 Å². The third-order valence-corrected chi connectivity index (χ3v) is 5.26. The maximum atomic E-state index is 14.5. The number of carbonyl (C=O) groups excluding carboxylic acids is 1. The number of rotatable bonds is 9. The summed E-state index contributed by atoms with van der Waals surface area (Å²) in [6.07, 6.45) is -1.16. The number of hydrogen-bond acceptors (Lipinski definition) is 5. The number of nitrogens with zero attached hydrogens (tertiary/aromatic N) is 2. The minimum Gasteiger partial charge on any atom is -0.481 e. The molecule has 0 fully saturated rings. The Kier molecular flexibility index (Phi) is 7.68. The minimum atomic E-state index is -1.08. The quantitative estimate of drug-likeness (QED) is 0.440. The fraction of sp³-hybridized carbons (Fsp3) is 0.320. The van der Waals surface area contributed by atoms with E-state index < -0.39 is 35.3 Å². The molecule has 9 heteroatoms. The van der Waals surface area contributed by atoms with Crippen LogP contribution in [0.5, 0.6) is 5.88 Å². The Morgan fingerprint density at radius 3 is 2.38 bits per heavy atom.